The zero-order valence-corrected chi connectivity index (χ0v) is 16.5. The Morgan fingerprint density at radius 2 is 1.91 bits per heavy atom. The van der Waals surface area contributed by atoms with Gasteiger partial charge in [0.1, 0.15) is 17.9 Å². The number of amides is 1. The number of ether oxygens (including phenoxy) is 1. The van der Waals surface area contributed by atoms with Crippen LogP contribution in [0.1, 0.15) is 21.5 Å². The maximum absolute atomic E-state index is 14.7. The maximum Gasteiger partial charge on any atom is 0.272 e. The third-order valence-electron chi connectivity index (χ3n) is 4.92. The van der Waals surface area contributed by atoms with Gasteiger partial charge in [0.15, 0.2) is 6.61 Å². The molecule has 0 radical (unpaired) electrons. The summed E-state index contributed by atoms with van der Waals surface area (Å²) in [7, 11) is 0. The highest BCUT2D eigenvalue weighted by Crippen LogP contribution is 2.31. The lowest BCUT2D eigenvalue weighted by Gasteiger charge is -2.16. The first-order valence-corrected chi connectivity index (χ1v) is 9.59. The van der Waals surface area contributed by atoms with Crippen molar-refractivity contribution < 1.29 is 31.5 Å². The van der Waals surface area contributed by atoms with E-state index in [1.54, 1.807) is 12.1 Å². The van der Waals surface area contributed by atoms with E-state index >= 15 is 0 Å². The molecule has 0 unspecified atom stereocenters. The van der Waals surface area contributed by atoms with Crippen molar-refractivity contribution in [2.45, 2.75) is 32.5 Å². The van der Waals surface area contributed by atoms with Crippen LogP contribution in [0.4, 0.5) is 22.0 Å². The molecule has 4 rings (SSSR count). The molecule has 0 saturated carbocycles. The first kappa shape index (κ1) is 21.7. The molecule has 6 nitrogen and oxygen atoms in total. The fourth-order valence-electron chi connectivity index (χ4n) is 3.47. The maximum atomic E-state index is 14.7. The summed E-state index contributed by atoms with van der Waals surface area (Å²) >= 11 is 0. The fourth-order valence-corrected chi connectivity index (χ4v) is 3.47. The van der Waals surface area contributed by atoms with Gasteiger partial charge < -0.3 is 9.64 Å². The van der Waals surface area contributed by atoms with Crippen LogP contribution in [0.3, 0.4) is 0 Å². The Balaban J connectivity index is 1.49. The number of benzene rings is 1. The monoisotopic (exact) mass is 452 g/mol. The van der Waals surface area contributed by atoms with Gasteiger partial charge in [-0.15, -0.1) is 0 Å². The Morgan fingerprint density at radius 3 is 2.62 bits per heavy atom. The highest BCUT2D eigenvalue weighted by molar-refractivity contribution is 6.00. The number of halogens is 5. The largest absolute Gasteiger partial charge is 0.471 e. The van der Waals surface area contributed by atoms with Gasteiger partial charge in [-0.05, 0) is 23.3 Å². The van der Waals surface area contributed by atoms with Crippen LogP contribution in [-0.2, 0) is 19.6 Å². The van der Waals surface area contributed by atoms with Crippen molar-refractivity contribution in [3.63, 3.8) is 0 Å². The van der Waals surface area contributed by atoms with E-state index < -0.39 is 37.7 Å². The lowest BCUT2D eigenvalue weighted by atomic mass is 10.1. The average Bonchev–Trinajstić information content (AvgIpc) is 3.32. The summed E-state index contributed by atoms with van der Waals surface area (Å²) in [5, 5.41) is 3.83. The molecule has 1 amide bonds. The number of carbonyl (C=O) groups excluding carboxylic acids is 1. The number of nitrogens with zero attached hydrogens (tertiary/aromatic N) is 4. The van der Waals surface area contributed by atoms with Gasteiger partial charge in [-0.25, -0.2) is 26.9 Å². The Hall–Kier alpha value is -3.50. The van der Waals surface area contributed by atoms with Crippen LogP contribution in [0.5, 0.6) is 5.88 Å². The number of rotatable bonds is 8. The van der Waals surface area contributed by atoms with Crippen molar-refractivity contribution in [1.29, 1.82) is 0 Å². The summed E-state index contributed by atoms with van der Waals surface area (Å²) in [5.41, 5.74) is 1.81. The van der Waals surface area contributed by atoms with Crippen molar-refractivity contribution in [2.24, 2.45) is 0 Å². The van der Waals surface area contributed by atoms with E-state index in [0.29, 0.717) is 16.7 Å². The van der Waals surface area contributed by atoms with E-state index in [0.717, 1.165) is 4.68 Å². The Morgan fingerprint density at radius 1 is 1.09 bits per heavy atom. The van der Waals surface area contributed by atoms with E-state index in [1.165, 1.54) is 35.6 Å². The quantitative estimate of drug-likeness (QED) is 0.482. The minimum atomic E-state index is -2.71. The van der Waals surface area contributed by atoms with Gasteiger partial charge in [-0.1, -0.05) is 12.1 Å². The summed E-state index contributed by atoms with van der Waals surface area (Å²) in [4.78, 5) is 18.0. The lowest BCUT2D eigenvalue weighted by Crippen LogP contribution is -2.24. The SMILES string of the molecule is O=C1c2c(ccnc2OCC(F)F)CN1Cc1ccc(-c2cnn(CC(F)F)c2)cc1F. The van der Waals surface area contributed by atoms with Crippen LogP contribution in [-0.4, -0.2) is 45.0 Å². The highest BCUT2D eigenvalue weighted by Gasteiger charge is 2.32. The van der Waals surface area contributed by atoms with E-state index in [9.17, 15) is 26.7 Å². The van der Waals surface area contributed by atoms with Crippen molar-refractivity contribution >= 4 is 5.91 Å². The number of fused-ring (bicyclic) bond motifs is 1. The van der Waals surface area contributed by atoms with E-state index in [4.69, 9.17) is 4.74 Å². The van der Waals surface area contributed by atoms with Gasteiger partial charge in [0, 0.05) is 36.6 Å². The van der Waals surface area contributed by atoms with Gasteiger partial charge in [0.05, 0.1) is 6.20 Å². The summed E-state index contributed by atoms with van der Waals surface area (Å²) in [6.45, 7) is -1.35. The smallest absolute Gasteiger partial charge is 0.272 e. The van der Waals surface area contributed by atoms with Crippen molar-refractivity contribution in [3.05, 3.63) is 65.4 Å². The van der Waals surface area contributed by atoms with E-state index in [1.807, 2.05) is 0 Å². The number of pyridine rings is 1. The molecule has 3 heterocycles. The first-order chi connectivity index (χ1) is 15.3. The molecule has 1 aromatic carbocycles. The molecule has 1 aliphatic rings. The molecular weight excluding hydrogens is 435 g/mol. The van der Waals surface area contributed by atoms with Gasteiger partial charge in [-0.3, -0.25) is 9.48 Å². The third kappa shape index (κ3) is 4.56. The Labute approximate surface area is 179 Å². The van der Waals surface area contributed by atoms with E-state index in [-0.39, 0.29) is 30.1 Å². The molecule has 0 N–H and O–H groups in total. The zero-order valence-electron chi connectivity index (χ0n) is 16.5. The molecule has 0 atom stereocenters. The van der Waals surface area contributed by atoms with Gasteiger partial charge in [0.2, 0.25) is 5.88 Å². The van der Waals surface area contributed by atoms with Crippen molar-refractivity contribution in [1.82, 2.24) is 19.7 Å². The predicted octanol–water partition coefficient (Wildman–Crippen LogP) is 4.15. The molecule has 0 aliphatic carbocycles. The second kappa shape index (κ2) is 8.93. The topological polar surface area (TPSA) is 60.2 Å². The predicted molar refractivity (Wildman–Crippen MR) is 103 cm³/mol. The van der Waals surface area contributed by atoms with Crippen LogP contribution >= 0.6 is 0 Å². The van der Waals surface area contributed by atoms with Crippen LogP contribution in [0.15, 0.2) is 42.9 Å². The highest BCUT2D eigenvalue weighted by atomic mass is 19.3. The number of hydrogen-bond donors (Lipinski definition) is 0. The molecule has 32 heavy (non-hydrogen) atoms. The van der Waals surface area contributed by atoms with Gasteiger partial charge >= 0.3 is 0 Å². The normalized spacial score (nSPS) is 13.3. The summed E-state index contributed by atoms with van der Waals surface area (Å²) in [5.74, 6) is -1.25. The Bertz CT molecular complexity index is 1140. The van der Waals surface area contributed by atoms with Gasteiger partial charge in [-0.2, -0.15) is 5.10 Å². The zero-order chi connectivity index (χ0) is 22.8. The molecule has 0 fully saturated rings. The lowest BCUT2D eigenvalue weighted by molar-refractivity contribution is 0.0718. The second-order valence-corrected chi connectivity index (χ2v) is 7.16. The van der Waals surface area contributed by atoms with Crippen molar-refractivity contribution in [3.8, 4) is 17.0 Å². The molecule has 3 aromatic rings. The second-order valence-electron chi connectivity index (χ2n) is 7.16. The fraction of sp³-hybridized carbons (Fsp3) is 0.286. The van der Waals surface area contributed by atoms with Gasteiger partial charge in [0.25, 0.3) is 18.8 Å². The minimum absolute atomic E-state index is 0.0570. The van der Waals surface area contributed by atoms with Crippen LogP contribution in [0, 0.1) is 5.82 Å². The molecule has 11 heteroatoms. The molecule has 2 aromatic heterocycles. The van der Waals surface area contributed by atoms with Crippen LogP contribution in [0.2, 0.25) is 0 Å². The number of hydrogen-bond acceptors (Lipinski definition) is 4. The standard InChI is InChI=1S/C21H17F5N4O2/c22-16-5-12(15-6-28-30(9-15)10-17(23)24)1-2-13(16)7-29-8-14-3-4-27-20(19(14)21(29)31)32-11-18(25)26/h1-6,9,17-18H,7-8,10-11H2. The molecule has 0 bridgehead atoms. The molecule has 0 saturated heterocycles. The average molecular weight is 452 g/mol. The Kier molecular flexibility index (Phi) is 6.06. The molecule has 168 valence electrons. The first-order valence-electron chi connectivity index (χ1n) is 9.59. The third-order valence-corrected chi connectivity index (χ3v) is 4.92. The number of alkyl halides is 4. The number of aromatic nitrogens is 3. The minimum Gasteiger partial charge on any atom is -0.471 e. The molecule has 1 aliphatic heterocycles. The molecular formula is C21H17F5N4O2. The van der Waals surface area contributed by atoms with Crippen LogP contribution in [0.25, 0.3) is 11.1 Å². The molecule has 0 spiro atoms. The summed E-state index contributed by atoms with van der Waals surface area (Å²) in [6.07, 6.45) is -1.14. The number of carbonyl (C=O) groups is 1. The van der Waals surface area contributed by atoms with Crippen molar-refractivity contribution in [2.75, 3.05) is 6.61 Å². The summed E-state index contributed by atoms with van der Waals surface area (Å²) in [6, 6.07) is 5.93. The van der Waals surface area contributed by atoms with E-state index in [2.05, 4.69) is 10.1 Å². The van der Waals surface area contributed by atoms with Crippen LogP contribution < -0.4 is 4.74 Å². The summed E-state index contributed by atoms with van der Waals surface area (Å²) < 4.78 is 70.7.